The zero-order chi connectivity index (χ0) is 7.33. The fourth-order valence-corrected chi connectivity index (χ4v) is 2.76. The summed E-state index contributed by atoms with van der Waals surface area (Å²) in [6, 6.07) is -1.29. The minimum absolute atomic E-state index is 0.257. The van der Waals surface area contributed by atoms with Gasteiger partial charge in [-0.15, -0.1) is 0 Å². The van der Waals surface area contributed by atoms with E-state index in [1.807, 2.05) is 0 Å². The van der Waals surface area contributed by atoms with Gasteiger partial charge in [0, 0.05) is 0 Å². The Morgan fingerprint density at radius 1 is 1.44 bits per heavy atom. The summed E-state index contributed by atoms with van der Waals surface area (Å²) in [4.78, 5) is 0. The second-order valence-corrected chi connectivity index (χ2v) is 8.04. The molecule has 0 amide bonds. The molecule has 0 heterocycles. The van der Waals surface area contributed by atoms with Crippen LogP contribution < -0.4 is 0 Å². The van der Waals surface area contributed by atoms with Gasteiger partial charge in [-0.3, -0.25) is 0 Å². The second kappa shape index (κ2) is 4.43. The summed E-state index contributed by atoms with van der Waals surface area (Å²) >= 11 is 5.26. The van der Waals surface area contributed by atoms with E-state index in [9.17, 15) is 0 Å². The fraction of sp³-hybridized carbons (Fsp3) is 1.00. The average molecular weight is 166 g/mol. The van der Waals surface area contributed by atoms with Crippen LogP contribution >= 0.6 is 6.04 Å². The highest BCUT2D eigenvalue weighted by molar-refractivity contribution is 8.14. The third-order valence-electron chi connectivity index (χ3n) is 1.47. The zero-order valence-electron chi connectivity index (χ0n) is 6.13. The van der Waals surface area contributed by atoms with Crippen molar-refractivity contribution in [3.8, 4) is 0 Å². The van der Waals surface area contributed by atoms with Crippen molar-refractivity contribution in [3.05, 3.63) is 0 Å². The van der Waals surface area contributed by atoms with Crippen molar-refractivity contribution in [3.63, 3.8) is 0 Å². The summed E-state index contributed by atoms with van der Waals surface area (Å²) in [6.45, 7) is 4.19. The predicted molar refractivity (Wildman–Crippen MR) is 47.1 cm³/mol. The monoisotopic (exact) mass is 166 g/mol. The van der Waals surface area contributed by atoms with Gasteiger partial charge >= 0.3 is 0 Å². The molecule has 0 saturated carbocycles. The number of rotatable bonds is 4. The Balaban J connectivity index is 3.78. The van der Waals surface area contributed by atoms with Crippen LogP contribution in [-0.4, -0.2) is 23.8 Å². The molecule has 0 aromatic rings. The van der Waals surface area contributed by atoms with Crippen molar-refractivity contribution in [2.75, 3.05) is 18.7 Å². The lowest BCUT2D eigenvalue weighted by atomic mass is 10.6. The Morgan fingerprint density at radius 2 is 2.00 bits per heavy atom. The van der Waals surface area contributed by atoms with E-state index in [0.717, 1.165) is 18.7 Å². The van der Waals surface area contributed by atoms with E-state index in [4.69, 9.17) is 16.9 Å². The highest BCUT2D eigenvalue weighted by Gasteiger charge is 2.10. The predicted octanol–water partition coefficient (Wildman–Crippen LogP) is 1.85. The highest BCUT2D eigenvalue weighted by Crippen LogP contribution is 2.44. The van der Waals surface area contributed by atoms with Crippen LogP contribution in [-0.2, 0) is 11.8 Å². The van der Waals surface area contributed by atoms with E-state index in [2.05, 4.69) is 13.8 Å². The van der Waals surface area contributed by atoms with E-state index < -0.39 is 6.04 Å². The van der Waals surface area contributed by atoms with Crippen LogP contribution in [0.25, 0.3) is 0 Å². The van der Waals surface area contributed by atoms with E-state index in [-0.39, 0.29) is 6.35 Å². The summed E-state index contributed by atoms with van der Waals surface area (Å²) in [7, 11) is 0. The van der Waals surface area contributed by atoms with Crippen LogP contribution in [0, 0.1) is 0 Å². The van der Waals surface area contributed by atoms with Gasteiger partial charge in [-0.25, -0.2) is 0 Å². The lowest BCUT2D eigenvalue weighted by Crippen LogP contribution is -1.95. The Morgan fingerprint density at radius 3 is 2.11 bits per heavy atom. The molecule has 3 heteroatoms. The number of hydrogen-bond donors (Lipinski definition) is 1. The molecule has 0 rings (SSSR count). The quantitative estimate of drug-likeness (QED) is 0.643. The van der Waals surface area contributed by atoms with Gasteiger partial charge in [0.1, 0.15) is 0 Å². The Labute approximate surface area is 62.5 Å². The molecular weight excluding hydrogens is 151 g/mol. The van der Waals surface area contributed by atoms with E-state index in [0.29, 0.717) is 0 Å². The van der Waals surface area contributed by atoms with E-state index in [1.165, 1.54) is 0 Å². The van der Waals surface area contributed by atoms with Gasteiger partial charge in [-0.05, 0) is 18.4 Å². The van der Waals surface area contributed by atoms with Gasteiger partial charge in [0.15, 0.2) is 0 Å². The topological polar surface area (TPSA) is 20.2 Å². The highest BCUT2D eigenvalue weighted by atomic mass is 32.4. The summed E-state index contributed by atoms with van der Waals surface area (Å²) in [5.41, 5.74) is 0. The Hall–Kier alpha value is 0.610. The molecule has 0 bridgehead atoms. The summed E-state index contributed by atoms with van der Waals surface area (Å²) in [6.07, 6.45) is 3.44. The maximum atomic E-state index is 8.86. The van der Waals surface area contributed by atoms with Crippen molar-refractivity contribution in [2.45, 2.75) is 20.3 Å². The van der Waals surface area contributed by atoms with Crippen LogP contribution in [0.15, 0.2) is 0 Å². The van der Waals surface area contributed by atoms with Crippen molar-refractivity contribution >= 4 is 17.8 Å². The summed E-state index contributed by atoms with van der Waals surface area (Å²) in [5, 5.41) is 8.86. The smallest absolute Gasteiger partial charge is 0.0717 e. The standard InChI is InChI=1S/C6H15OPS/c1-3-5-8(9,4-2)6-7/h7H,3-6H2,1-2H3. The number of aliphatic hydroxyl groups excluding tert-OH is 1. The molecule has 0 spiro atoms. The molecule has 0 fully saturated rings. The molecule has 1 atom stereocenters. The maximum Gasteiger partial charge on any atom is 0.0717 e. The second-order valence-electron chi connectivity index (χ2n) is 2.24. The SMILES string of the molecule is CCCP(=S)(CC)CO. The van der Waals surface area contributed by atoms with E-state index >= 15 is 0 Å². The lowest BCUT2D eigenvalue weighted by Gasteiger charge is -2.14. The average Bonchev–Trinajstić information content (AvgIpc) is 1.89. The first-order valence-electron chi connectivity index (χ1n) is 3.36. The largest absolute Gasteiger partial charge is 0.391 e. The minimum atomic E-state index is -1.29. The van der Waals surface area contributed by atoms with Gasteiger partial charge in [-0.1, -0.05) is 32.1 Å². The van der Waals surface area contributed by atoms with Gasteiger partial charge in [-0.2, -0.15) is 0 Å². The Kier molecular flexibility index (Phi) is 4.73. The molecule has 0 saturated heterocycles. The zero-order valence-corrected chi connectivity index (χ0v) is 7.84. The summed E-state index contributed by atoms with van der Waals surface area (Å²) in [5.74, 6) is 0. The van der Waals surface area contributed by atoms with Crippen LogP contribution in [0.2, 0.25) is 0 Å². The molecule has 56 valence electrons. The van der Waals surface area contributed by atoms with E-state index in [1.54, 1.807) is 0 Å². The minimum Gasteiger partial charge on any atom is -0.391 e. The Bertz CT molecular complexity index is 106. The lowest BCUT2D eigenvalue weighted by molar-refractivity contribution is 0.369. The molecule has 0 aliphatic carbocycles. The van der Waals surface area contributed by atoms with Gasteiger partial charge in [0.2, 0.25) is 0 Å². The molecule has 0 aromatic carbocycles. The van der Waals surface area contributed by atoms with Gasteiger partial charge < -0.3 is 5.11 Å². The molecule has 0 aliphatic rings. The third-order valence-corrected chi connectivity index (χ3v) is 6.06. The molecule has 1 nitrogen and oxygen atoms in total. The van der Waals surface area contributed by atoms with Crippen molar-refractivity contribution < 1.29 is 5.11 Å². The molecule has 0 aliphatic heterocycles. The van der Waals surface area contributed by atoms with Crippen molar-refractivity contribution in [1.82, 2.24) is 0 Å². The van der Waals surface area contributed by atoms with Gasteiger partial charge in [0.05, 0.1) is 6.35 Å². The van der Waals surface area contributed by atoms with Crippen LogP contribution in [0.4, 0.5) is 0 Å². The normalized spacial score (nSPS) is 17.2. The van der Waals surface area contributed by atoms with Crippen LogP contribution in [0.3, 0.4) is 0 Å². The maximum absolute atomic E-state index is 8.86. The van der Waals surface area contributed by atoms with Crippen molar-refractivity contribution in [2.24, 2.45) is 0 Å². The summed E-state index contributed by atoms with van der Waals surface area (Å²) < 4.78 is 0. The molecule has 0 radical (unpaired) electrons. The van der Waals surface area contributed by atoms with Gasteiger partial charge in [0.25, 0.3) is 0 Å². The first-order chi connectivity index (χ1) is 4.18. The first kappa shape index (κ1) is 9.61. The third kappa shape index (κ3) is 3.34. The van der Waals surface area contributed by atoms with Crippen molar-refractivity contribution in [1.29, 1.82) is 0 Å². The molecule has 1 N–H and O–H groups in total. The first-order valence-corrected chi connectivity index (χ1v) is 6.72. The number of hydrogen-bond acceptors (Lipinski definition) is 2. The molecule has 9 heavy (non-hydrogen) atoms. The number of aliphatic hydroxyl groups is 1. The molecule has 0 aromatic heterocycles. The van der Waals surface area contributed by atoms with Crippen LogP contribution in [0.5, 0.6) is 0 Å². The molecule has 1 unspecified atom stereocenters. The van der Waals surface area contributed by atoms with Crippen LogP contribution in [0.1, 0.15) is 20.3 Å². The fourth-order valence-electron chi connectivity index (χ4n) is 0.736. The molecular formula is C6H15OPS.